The van der Waals surface area contributed by atoms with Crippen molar-refractivity contribution in [3.8, 4) is 0 Å². The van der Waals surface area contributed by atoms with Gasteiger partial charge in [-0.1, -0.05) is 0 Å². The first-order valence-electron chi connectivity index (χ1n) is 9.59. The van der Waals surface area contributed by atoms with Crippen molar-refractivity contribution in [3.05, 3.63) is 45.0 Å². The van der Waals surface area contributed by atoms with E-state index in [0.29, 0.717) is 13.1 Å². The van der Waals surface area contributed by atoms with Crippen LogP contribution in [0.4, 0.5) is 14.6 Å². The number of fused-ring (bicyclic) bond motifs is 1. The second kappa shape index (κ2) is 6.35. The number of likely N-dealkylation sites (N-methyl/N-ethyl adjacent to an activating group) is 1. The molecular formula is C20H20F2N4O3. The Morgan fingerprint density at radius 3 is 2.69 bits per heavy atom. The number of anilines is 1. The number of alkyl halides is 1. The third-order valence-corrected chi connectivity index (χ3v) is 6.03. The van der Waals surface area contributed by atoms with Crippen molar-refractivity contribution in [1.29, 1.82) is 0 Å². The van der Waals surface area contributed by atoms with Gasteiger partial charge < -0.3 is 19.5 Å². The van der Waals surface area contributed by atoms with Crippen molar-refractivity contribution in [2.75, 3.05) is 38.1 Å². The molecule has 0 saturated heterocycles. The molecule has 1 fully saturated rings. The summed E-state index contributed by atoms with van der Waals surface area (Å²) in [7, 11) is 2.04. The molecule has 0 amide bonds. The summed E-state index contributed by atoms with van der Waals surface area (Å²) in [6.45, 7) is 2.92. The number of rotatable bonds is 3. The van der Waals surface area contributed by atoms with Crippen LogP contribution < -0.4 is 10.3 Å². The second-order valence-corrected chi connectivity index (χ2v) is 8.12. The summed E-state index contributed by atoms with van der Waals surface area (Å²) < 4.78 is 30.1. The van der Waals surface area contributed by atoms with Gasteiger partial charge in [0.25, 0.3) is 0 Å². The van der Waals surface area contributed by atoms with Crippen LogP contribution in [0, 0.1) is 5.82 Å². The van der Waals surface area contributed by atoms with E-state index >= 15 is 0 Å². The lowest BCUT2D eigenvalue weighted by Gasteiger charge is -2.23. The normalized spacial score (nSPS) is 24.3. The number of carboxylic acid groups (broad SMARTS) is 1. The maximum atomic E-state index is 15.0. The van der Waals surface area contributed by atoms with Crippen molar-refractivity contribution < 1.29 is 18.7 Å². The monoisotopic (exact) mass is 402 g/mol. The molecule has 152 valence electrons. The Hall–Kier alpha value is -2.81. The Morgan fingerprint density at radius 2 is 2.00 bits per heavy atom. The molecule has 9 heteroatoms. The molecule has 2 unspecified atom stereocenters. The Labute approximate surface area is 164 Å². The van der Waals surface area contributed by atoms with Crippen molar-refractivity contribution in [1.82, 2.24) is 14.5 Å². The van der Waals surface area contributed by atoms with Gasteiger partial charge in [0.2, 0.25) is 5.43 Å². The number of carbonyl (C=O) groups is 1. The maximum Gasteiger partial charge on any atom is 0.341 e. The number of aromatic nitrogens is 2. The van der Waals surface area contributed by atoms with E-state index in [1.165, 1.54) is 15.7 Å². The summed E-state index contributed by atoms with van der Waals surface area (Å²) in [5.74, 6) is -1.99. The zero-order valence-corrected chi connectivity index (χ0v) is 15.9. The molecule has 2 aromatic rings. The van der Waals surface area contributed by atoms with E-state index in [-0.39, 0.29) is 23.3 Å². The standard InChI is InChI=1S/C20H20F2N4O3/c1-24-3-2-10-7-25(8-11(10)6-24)19-15(22)4-12-17(27)13(20(28)29)9-26(18(12)23-19)16-5-14(16)21/h4,9,14,16H,2-3,5-8H2,1H3,(H,28,29). The minimum absolute atomic E-state index is 0.113. The van der Waals surface area contributed by atoms with Crippen LogP contribution in [0.3, 0.4) is 0 Å². The number of hydrogen-bond acceptors (Lipinski definition) is 5. The van der Waals surface area contributed by atoms with Crippen LogP contribution in [0.25, 0.3) is 11.0 Å². The summed E-state index contributed by atoms with van der Waals surface area (Å²) >= 11 is 0. The average Bonchev–Trinajstić information content (AvgIpc) is 3.24. The third kappa shape index (κ3) is 2.91. The number of pyridine rings is 2. The van der Waals surface area contributed by atoms with Crippen molar-refractivity contribution >= 4 is 22.8 Å². The molecule has 0 radical (unpaired) electrons. The first kappa shape index (κ1) is 18.2. The first-order chi connectivity index (χ1) is 13.8. The highest BCUT2D eigenvalue weighted by atomic mass is 19.1. The number of halogens is 2. The molecule has 1 saturated carbocycles. The summed E-state index contributed by atoms with van der Waals surface area (Å²) in [5, 5.41) is 9.18. The van der Waals surface area contributed by atoms with Crippen LogP contribution in [0.15, 0.2) is 28.2 Å². The fourth-order valence-corrected chi connectivity index (χ4v) is 4.34. The van der Waals surface area contributed by atoms with Crippen LogP contribution in [-0.4, -0.2) is 64.9 Å². The van der Waals surface area contributed by atoms with Crippen molar-refractivity contribution in [2.24, 2.45) is 0 Å². The highest BCUT2D eigenvalue weighted by Crippen LogP contribution is 2.41. The Kier molecular flexibility index (Phi) is 3.99. The minimum atomic E-state index is -1.42. The minimum Gasteiger partial charge on any atom is -0.477 e. The lowest BCUT2D eigenvalue weighted by atomic mass is 10.0. The highest BCUT2D eigenvalue weighted by Gasteiger charge is 2.41. The van der Waals surface area contributed by atoms with E-state index in [4.69, 9.17) is 0 Å². The lowest BCUT2D eigenvalue weighted by Crippen LogP contribution is -2.28. The number of carboxylic acids is 1. The molecule has 5 rings (SSSR count). The molecule has 2 aliphatic heterocycles. The van der Waals surface area contributed by atoms with E-state index in [1.807, 2.05) is 11.9 Å². The fraction of sp³-hybridized carbons (Fsp3) is 0.450. The van der Waals surface area contributed by atoms with Crippen LogP contribution in [0.5, 0.6) is 0 Å². The summed E-state index contributed by atoms with van der Waals surface area (Å²) in [6.07, 6.45) is 1.15. The quantitative estimate of drug-likeness (QED) is 0.791. The van der Waals surface area contributed by atoms with Gasteiger partial charge >= 0.3 is 5.97 Å². The first-order valence-corrected chi connectivity index (χ1v) is 9.59. The molecule has 1 aliphatic carbocycles. The van der Waals surface area contributed by atoms with Gasteiger partial charge in [0.05, 0.1) is 11.4 Å². The average molecular weight is 402 g/mol. The number of hydrogen-bond donors (Lipinski definition) is 1. The highest BCUT2D eigenvalue weighted by molar-refractivity contribution is 5.92. The topological polar surface area (TPSA) is 78.7 Å². The van der Waals surface area contributed by atoms with Crippen molar-refractivity contribution in [2.45, 2.75) is 25.1 Å². The van der Waals surface area contributed by atoms with Crippen LogP contribution >= 0.6 is 0 Å². The van der Waals surface area contributed by atoms with Crippen LogP contribution in [-0.2, 0) is 0 Å². The maximum absolute atomic E-state index is 15.0. The molecule has 1 N–H and O–H groups in total. The molecule has 0 aromatic carbocycles. The molecule has 0 spiro atoms. The second-order valence-electron chi connectivity index (χ2n) is 8.12. The molecule has 4 heterocycles. The Morgan fingerprint density at radius 1 is 1.28 bits per heavy atom. The van der Waals surface area contributed by atoms with Crippen LogP contribution in [0.1, 0.15) is 29.2 Å². The Bertz CT molecular complexity index is 1140. The van der Waals surface area contributed by atoms with Crippen molar-refractivity contribution in [3.63, 3.8) is 0 Å². The van der Waals surface area contributed by atoms with Gasteiger partial charge in [-0.05, 0) is 30.7 Å². The van der Waals surface area contributed by atoms with E-state index in [1.54, 1.807) is 0 Å². The van der Waals surface area contributed by atoms with E-state index in [9.17, 15) is 23.5 Å². The van der Waals surface area contributed by atoms with E-state index in [0.717, 1.165) is 31.8 Å². The number of aromatic carboxylic acids is 1. The summed E-state index contributed by atoms with van der Waals surface area (Å²) in [5.41, 5.74) is 1.35. The Balaban J connectivity index is 1.62. The van der Waals surface area contributed by atoms with Gasteiger partial charge in [0.1, 0.15) is 17.4 Å². The lowest BCUT2D eigenvalue weighted by molar-refractivity contribution is 0.0694. The fourth-order valence-electron chi connectivity index (χ4n) is 4.34. The molecule has 0 bridgehead atoms. The molecular weight excluding hydrogens is 382 g/mol. The van der Waals surface area contributed by atoms with Gasteiger partial charge in [-0.2, -0.15) is 0 Å². The largest absolute Gasteiger partial charge is 0.477 e. The molecule has 2 aromatic heterocycles. The zero-order valence-electron chi connectivity index (χ0n) is 15.9. The van der Waals surface area contributed by atoms with E-state index in [2.05, 4.69) is 9.88 Å². The van der Waals surface area contributed by atoms with Crippen LogP contribution in [0.2, 0.25) is 0 Å². The summed E-state index contributed by atoms with van der Waals surface area (Å²) in [4.78, 5) is 32.4. The SMILES string of the molecule is CN1CCC2=C(C1)CN(c1nc3c(cc1F)c(=O)c(C(=O)O)cn3C1CC1F)C2. The van der Waals surface area contributed by atoms with Gasteiger partial charge in [-0.15, -0.1) is 0 Å². The van der Waals surface area contributed by atoms with Gasteiger partial charge in [0, 0.05) is 38.8 Å². The molecule has 3 aliphatic rings. The summed E-state index contributed by atoms with van der Waals surface area (Å²) in [6, 6.07) is 0.461. The zero-order chi connectivity index (χ0) is 20.4. The molecule has 2 atom stereocenters. The third-order valence-electron chi connectivity index (χ3n) is 6.03. The smallest absolute Gasteiger partial charge is 0.341 e. The molecule has 29 heavy (non-hydrogen) atoms. The predicted octanol–water partition coefficient (Wildman–Crippen LogP) is 1.97. The number of nitrogens with zero attached hydrogens (tertiary/aromatic N) is 4. The van der Waals surface area contributed by atoms with Gasteiger partial charge in [-0.25, -0.2) is 18.6 Å². The van der Waals surface area contributed by atoms with Gasteiger partial charge in [0.15, 0.2) is 11.6 Å². The predicted molar refractivity (Wildman–Crippen MR) is 103 cm³/mol. The van der Waals surface area contributed by atoms with Gasteiger partial charge in [-0.3, -0.25) is 4.79 Å². The van der Waals surface area contributed by atoms with E-state index < -0.39 is 35.0 Å². The molecule has 7 nitrogen and oxygen atoms in total.